The maximum atomic E-state index is 12.2. The van der Waals surface area contributed by atoms with Crippen LogP contribution in [0.15, 0.2) is 18.2 Å². The van der Waals surface area contributed by atoms with E-state index in [2.05, 4.69) is 10.6 Å². The van der Waals surface area contributed by atoms with Gasteiger partial charge in [0.15, 0.2) is 0 Å². The van der Waals surface area contributed by atoms with Crippen molar-refractivity contribution >= 4 is 17.3 Å². The fourth-order valence-electron chi connectivity index (χ4n) is 2.60. The van der Waals surface area contributed by atoms with Crippen molar-refractivity contribution in [1.29, 1.82) is 0 Å². The van der Waals surface area contributed by atoms with E-state index in [0.29, 0.717) is 12.2 Å². The van der Waals surface area contributed by atoms with Gasteiger partial charge in [-0.2, -0.15) is 0 Å². The predicted octanol–water partition coefficient (Wildman–Crippen LogP) is 2.31. The molecule has 0 radical (unpaired) electrons. The topological polar surface area (TPSA) is 76.4 Å². The van der Waals surface area contributed by atoms with Gasteiger partial charge < -0.3 is 21.1 Å². The molecule has 122 valence electrons. The number of nitrogens with one attached hydrogen (secondary N) is 2. The lowest BCUT2D eigenvalue weighted by Crippen LogP contribution is -2.40. The second kappa shape index (κ2) is 7.01. The van der Waals surface area contributed by atoms with Gasteiger partial charge in [-0.3, -0.25) is 4.79 Å². The number of nitrogens with two attached hydrogens (primary N) is 1. The zero-order valence-electron chi connectivity index (χ0n) is 13.7. The van der Waals surface area contributed by atoms with E-state index in [0.717, 1.165) is 37.2 Å². The van der Waals surface area contributed by atoms with Gasteiger partial charge in [-0.1, -0.05) is 6.07 Å². The van der Waals surface area contributed by atoms with Gasteiger partial charge in [0.2, 0.25) is 0 Å². The molecule has 5 nitrogen and oxygen atoms in total. The Morgan fingerprint density at radius 3 is 2.73 bits per heavy atom. The summed E-state index contributed by atoms with van der Waals surface area (Å²) in [6.45, 7) is 8.14. The van der Waals surface area contributed by atoms with E-state index in [4.69, 9.17) is 10.5 Å². The number of rotatable bonds is 5. The van der Waals surface area contributed by atoms with Crippen LogP contribution >= 0.6 is 0 Å². The molecule has 22 heavy (non-hydrogen) atoms. The van der Waals surface area contributed by atoms with E-state index in [9.17, 15) is 4.79 Å². The van der Waals surface area contributed by atoms with Gasteiger partial charge in [-0.05, 0) is 64.4 Å². The van der Waals surface area contributed by atoms with Crippen LogP contribution in [0.25, 0.3) is 0 Å². The van der Waals surface area contributed by atoms with Crippen LogP contribution in [0.4, 0.5) is 11.4 Å². The number of ether oxygens (including phenoxy) is 1. The molecule has 1 saturated heterocycles. The fourth-order valence-corrected chi connectivity index (χ4v) is 2.60. The molecule has 1 fully saturated rings. The normalized spacial score (nSPS) is 16.3. The highest BCUT2D eigenvalue weighted by atomic mass is 16.6. The van der Waals surface area contributed by atoms with Gasteiger partial charge in [0.05, 0.1) is 23.8 Å². The summed E-state index contributed by atoms with van der Waals surface area (Å²) in [5.41, 5.74) is 8.13. The molecule has 1 aromatic carbocycles. The van der Waals surface area contributed by atoms with Crippen LogP contribution in [0.3, 0.4) is 0 Å². The molecule has 1 aliphatic rings. The molecular formula is C17H27N3O2. The molecule has 0 spiro atoms. The lowest BCUT2D eigenvalue weighted by atomic mass is 9.98. The van der Waals surface area contributed by atoms with Gasteiger partial charge in [-0.25, -0.2) is 0 Å². The summed E-state index contributed by atoms with van der Waals surface area (Å²) in [6, 6.07) is 5.89. The Hall–Kier alpha value is -1.75. The monoisotopic (exact) mass is 305 g/mol. The van der Waals surface area contributed by atoms with Crippen LogP contribution < -0.4 is 16.4 Å². The summed E-state index contributed by atoms with van der Waals surface area (Å²) < 4.78 is 5.69. The third-order valence-electron chi connectivity index (χ3n) is 3.96. The predicted molar refractivity (Wildman–Crippen MR) is 89.8 cm³/mol. The summed E-state index contributed by atoms with van der Waals surface area (Å²) in [7, 11) is 0. The van der Waals surface area contributed by atoms with Crippen molar-refractivity contribution in [2.45, 2.75) is 39.2 Å². The molecule has 4 N–H and O–H groups in total. The molecule has 0 amide bonds. The summed E-state index contributed by atoms with van der Waals surface area (Å²) in [5.74, 6) is -0.0739. The Morgan fingerprint density at radius 1 is 1.41 bits per heavy atom. The zero-order valence-corrected chi connectivity index (χ0v) is 13.7. The van der Waals surface area contributed by atoms with Crippen molar-refractivity contribution in [1.82, 2.24) is 5.32 Å². The second-order valence-corrected chi connectivity index (χ2v) is 6.65. The van der Waals surface area contributed by atoms with Crippen molar-refractivity contribution in [3.8, 4) is 0 Å². The van der Waals surface area contributed by atoms with Crippen molar-refractivity contribution in [2.75, 3.05) is 30.7 Å². The number of benzene rings is 1. The quantitative estimate of drug-likeness (QED) is 0.575. The highest BCUT2D eigenvalue weighted by Gasteiger charge is 2.29. The summed E-state index contributed by atoms with van der Waals surface area (Å²) in [6.07, 6.45) is 1.71. The van der Waals surface area contributed by atoms with E-state index in [1.165, 1.54) is 0 Å². The lowest BCUT2D eigenvalue weighted by molar-refractivity contribution is -0.161. The smallest absolute Gasteiger partial charge is 0.309 e. The molecule has 1 heterocycles. The minimum Gasteiger partial charge on any atom is -0.458 e. The summed E-state index contributed by atoms with van der Waals surface area (Å²) in [5, 5.41) is 6.53. The maximum Gasteiger partial charge on any atom is 0.309 e. The van der Waals surface area contributed by atoms with Crippen LogP contribution in [-0.2, 0) is 9.53 Å². The molecule has 0 saturated carbocycles. The Kier molecular flexibility index (Phi) is 5.29. The molecule has 0 atom stereocenters. The molecule has 2 rings (SSSR count). The molecule has 1 aromatic rings. The van der Waals surface area contributed by atoms with E-state index >= 15 is 0 Å². The van der Waals surface area contributed by atoms with Gasteiger partial charge in [0.25, 0.3) is 0 Å². The molecule has 0 bridgehead atoms. The number of hydrogen-bond acceptors (Lipinski definition) is 5. The first-order valence-corrected chi connectivity index (χ1v) is 7.91. The molecule has 5 heteroatoms. The first-order valence-electron chi connectivity index (χ1n) is 7.91. The third kappa shape index (κ3) is 4.63. The molecular weight excluding hydrogens is 278 g/mol. The van der Waals surface area contributed by atoms with Crippen molar-refractivity contribution < 1.29 is 9.53 Å². The number of hydrogen-bond donors (Lipinski definition) is 3. The Labute approximate surface area is 132 Å². The summed E-state index contributed by atoms with van der Waals surface area (Å²) in [4.78, 5) is 12.2. The molecule has 0 unspecified atom stereocenters. The van der Waals surface area contributed by atoms with E-state index < -0.39 is 5.60 Å². The highest BCUT2D eigenvalue weighted by Crippen LogP contribution is 2.22. The van der Waals surface area contributed by atoms with Crippen LogP contribution in [0.1, 0.15) is 32.3 Å². The van der Waals surface area contributed by atoms with Gasteiger partial charge in [0.1, 0.15) is 5.60 Å². The zero-order chi connectivity index (χ0) is 16.2. The molecule has 0 aromatic heterocycles. The third-order valence-corrected chi connectivity index (χ3v) is 3.96. The van der Waals surface area contributed by atoms with Crippen molar-refractivity contribution in [3.05, 3.63) is 23.8 Å². The average Bonchev–Trinajstić information content (AvgIpc) is 2.47. The van der Waals surface area contributed by atoms with Gasteiger partial charge in [0, 0.05) is 0 Å². The fraction of sp³-hybridized carbons (Fsp3) is 0.588. The Bertz CT molecular complexity index is 523. The van der Waals surface area contributed by atoms with Crippen molar-refractivity contribution in [2.24, 2.45) is 5.92 Å². The van der Waals surface area contributed by atoms with Gasteiger partial charge >= 0.3 is 5.97 Å². The molecule has 1 aliphatic heterocycles. The van der Waals surface area contributed by atoms with Gasteiger partial charge in [-0.15, -0.1) is 0 Å². The van der Waals surface area contributed by atoms with Crippen molar-refractivity contribution in [3.63, 3.8) is 0 Å². The second-order valence-electron chi connectivity index (χ2n) is 6.65. The minimum atomic E-state index is -0.570. The van der Waals surface area contributed by atoms with Crippen LogP contribution in [0.2, 0.25) is 0 Å². The highest BCUT2D eigenvalue weighted by molar-refractivity contribution is 5.73. The SMILES string of the molecule is Cc1ccc(NCC(C)(C)OC(=O)C2CCNCC2)c(N)c1. The van der Waals surface area contributed by atoms with E-state index in [-0.39, 0.29) is 11.9 Å². The number of carbonyl (C=O) groups is 1. The number of aryl methyl sites for hydroxylation is 1. The number of carbonyl (C=O) groups excluding carboxylic acids is 1. The Balaban J connectivity index is 1.88. The maximum absolute atomic E-state index is 12.2. The number of nitrogen functional groups attached to an aromatic ring is 1. The first kappa shape index (κ1) is 16.6. The summed E-state index contributed by atoms with van der Waals surface area (Å²) >= 11 is 0. The minimum absolute atomic E-state index is 0.0185. The van der Waals surface area contributed by atoms with Crippen LogP contribution in [0.5, 0.6) is 0 Å². The Morgan fingerprint density at radius 2 is 2.09 bits per heavy atom. The molecule has 0 aliphatic carbocycles. The largest absolute Gasteiger partial charge is 0.458 e. The van der Waals surface area contributed by atoms with Crippen LogP contribution in [0, 0.1) is 12.8 Å². The van der Waals surface area contributed by atoms with E-state index in [1.54, 1.807) is 0 Å². The lowest BCUT2D eigenvalue weighted by Gasteiger charge is -2.30. The van der Waals surface area contributed by atoms with E-state index in [1.807, 2.05) is 39.0 Å². The standard InChI is InChI=1S/C17H27N3O2/c1-12-4-5-15(14(18)10-12)20-11-17(2,3)22-16(21)13-6-8-19-9-7-13/h4-5,10,13,19-20H,6-9,11,18H2,1-3H3. The average molecular weight is 305 g/mol. The number of anilines is 2. The van der Waals surface area contributed by atoms with Crippen LogP contribution in [-0.4, -0.2) is 31.2 Å². The first-order chi connectivity index (χ1) is 10.4. The number of piperidine rings is 1. The number of esters is 1.